The molecule has 1 nitrogen and oxygen atoms in total. The van der Waals surface area contributed by atoms with Crippen LogP contribution >= 0.6 is 38.9 Å². The maximum absolute atomic E-state index is 6.24. The zero-order valence-corrected chi connectivity index (χ0v) is 13.7. The standard InChI is InChI=1S/C16H11BrClNS/c17-12-4-6-14(18)11(9-12)10-13-5-7-16(20-13)15-3-1-2-8-19-15/h1-9H,10H2. The van der Waals surface area contributed by atoms with Crippen LogP contribution in [0.5, 0.6) is 0 Å². The zero-order valence-electron chi connectivity index (χ0n) is 10.5. The van der Waals surface area contributed by atoms with Gasteiger partial charge in [-0.05, 0) is 48.0 Å². The highest BCUT2D eigenvalue weighted by Gasteiger charge is 2.07. The van der Waals surface area contributed by atoms with Crippen LogP contribution in [0, 0.1) is 0 Å². The summed E-state index contributed by atoms with van der Waals surface area (Å²) in [6.45, 7) is 0. The van der Waals surface area contributed by atoms with E-state index in [-0.39, 0.29) is 0 Å². The van der Waals surface area contributed by atoms with E-state index in [1.807, 2.05) is 36.5 Å². The Morgan fingerprint density at radius 1 is 1.10 bits per heavy atom. The molecule has 1 aromatic carbocycles. The van der Waals surface area contributed by atoms with Gasteiger partial charge >= 0.3 is 0 Å². The molecule has 3 rings (SSSR count). The van der Waals surface area contributed by atoms with Gasteiger partial charge in [0.25, 0.3) is 0 Å². The molecule has 3 aromatic rings. The highest BCUT2D eigenvalue weighted by molar-refractivity contribution is 9.10. The van der Waals surface area contributed by atoms with Crippen LogP contribution in [0.25, 0.3) is 10.6 Å². The van der Waals surface area contributed by atoms with Gasteiger partial charge in [-0.2, -0.15) is 0 Å². The molecule has 0 unspecified atom stereocenters. The van der Waals surface area contributed by atoms with Crippen LogP contribution in [-0.4, -0.2) is 4.98 Å². The van der Waals surface area contributed by atoms with E-state index < -0.39 is 0 Å². The Kier molecular flexibility index (Phi) is 4.20. The van der Waals surface area contributed by atoms with E-state index in [0.29, 0.717) is 0 Å². The van der Waals surface area contributed by atoms with Gasteiger partial charge in [0.15, 0.2) is 0 Å². The summed E-state index contributed by atoms with van der Waals surface area (Å²) in [5, 5.41) is 0.806. The molecule has 4 heteroatoms. The van der Waals surface area contributed by atoms with E-state index in [1.165, 1.54) is 9.75 Å². The van der Waals surface area contributed by atoms with Crippen molar-refractivity contribution < 1.29 is 0 Å². The molecule has 0 saturated heterocycles. The molecule has 0 aliphatic heterocycles. The van der Waals surface area contributed by atoms with E-state index in [2.05, 4.69) is 39.1 Å². The third-order valence-electron chi connectivity index (χ3n) is 2.95. The molecule has 0 fully saturated rings. The number of hydrogen-bond acceptors (Lipinski definition) is 2. The lowest BCUT2D eigenvalue weighted by Crippen LogP contribution is -1.86. The van der Waals surface area contributed by atoms with Crippen molar-refractivity contribution in [1.82, 2.24) is 4.98 Å². The van der Waals surface area contributed by atoms with Gasteiger partial charge in [0.2, 0.25) is 0 Å². The van der Waals surface area contributed by atoms with Gasteiger partial charge in [-0.15, -0.1) is 11.3 Å². The fraction of sp³-hybridized carbons (Fsp3) is 0.0625. The largest absolute Gasteiger partial charge is 0.255 e. The van der Waals surface area contributed by atoms with Gasteiger partial charge in [0.1, 0.15) is 0 Å². The van der Waals surface area contributed by atoms with Crippen molar-refractivity contribution in [2.24, 2.45) is 0 Å². The molecule has 2 aromatic heterocycles. The molecule has 0 radical (unpaired) electrons. The molecule has 0 saturated carbocycles. The van der Waals surface area contributed by atoms with Crippen LogP contribution < -0.4 is 0 Å². The normalized spacial score (nSPS) is 10.7. The monoisotopic (exact) mass is 363 g/mol. The topological polar surface area (TPSA) is 12.9 Å². The van der Waals surface area contributed by atoms with Gasteiger partial charge < -0.3 is 0 Å². The second-order valence-corrected chi connectivity index (χ2v) is 6.88. The van der Waals surface area contributed by atoms with Crippen LogP contribution in [0.15, 0.2) is 59.2 Å². The summed E-state index contributed by atoms with van der Waals surface area (Å²) in [7, 11) is 0. The number of pyridine rings is 1. The van der Waals surface area contributed by atoms with Gasteiger partial charge in [-0.1, -0.05) is 33.6 Å². The van der Waals surface area contributed by atoms with Gasteiger partial charge in [-0.25, -0.2) is 0 Å². The molecule has 0 spiro atoms. The van der Waals surface area contributed by atoms with Crippen LogP contribution in [0.2, 0.25) is 5.02 Å². The zero-order chi connectivity index (χ0) is 13.9. The van der Waals surface area contributed by atoms with E-state index >= 15 is 0 Å². The van der Waals surface area contributed by atoms with Crippen molar-refractivity contribution in [3.63, 3.8) is 0 Å². The van der Waals surface area contributed by atoms with Crippen LogP contribution in [0.4, 0.5) is 0 Å². The van der Waals surface area contributed by atoms with Crippen molar-refractivity contribution in [2.45, 2.75) is 6.42 Å². The smallest absolute Gasteiger partial charge is 0.0801 e. The molecule has 100 valence electrons. The average molecular weight is 365 g/mol. The van der Waals surface area contributed by atoms with E-state index in [9.17, 15) is 0 Å². The molecular weight excluding hydrogens is 354 g/mol. The van der Waals surface area contributed by atoms with Crippen molar-refractivity contribution in [2.75, 3.05) is 0 Å². The summed E-state index contributed by atoms with van der Waals surface area (Å²) in [4.78, 5) is 6.85. The molecular formula is C16H11BrClNS. The van der Waals surface area contributed by atoms with Crippen molar-refractivity contribution in [1.29, 1.82) is 0 Å². The predicted octanol–water partition coefficient (Wildman–Crippen LogP) is 5.82. The molecule has 0 atom stereocenters. The van der Waals surface area contributed by atoms with Crippen molar-refractivity contribution in [3.8, 4) is 10.6 Å². The predicted molar refractivity (Wildman–Crippen MR) is 89.5 cm³/mol. The number of halogens is 2. The maximum Gasteiger partial charge on any atom is 0.0801 e. The minimum absolute atomic E-state index is 0.806. The fourth-order valence-corrected chi connectivity index (χ4v) is 3.59. The maximum atomic E-state index is 6.24. The minimum Gasteiger partial charge on any atom is -0.255 e. The number of benzene rings is 1. The molecule has 0 amide bonds. The molecule has 20 heavy (non-hydrogen) atoms. The Labute approximate surface area is 135 Å². The Bertz CT molecular complexity index is 724. The quantitative estimate of drug-likeness (QED) is 0.571. The van der Waals surface area contributed by atoms with Crippen LogP contribution in [-0.2, 0) is 6.42 Å². The van der Waals surface area contributed by atoms with E-state index in [0.717, 1.165) is 27.2 Å². The Balaban J connectivity index is 1.86. The highest BCUT2D eigenvalue weighted by atomic mass is 79.9. The lowest BCUT2D eigenvalue weighted by atomic mass is 10.1. The van der Waals surface area contributed by atoms with Crippen LogP contribution in [0.3, 0.4) is 0 Å². The first kappa shape index (κ1) is 13.8. The summed E-state index contributed by atoms with van der Waals surface area (Å²) in [6.07, 6.45) is 2.66. The Hall–Kier alpha value is -1.16. The summed E-state index contributed by atoms with van der Waals surface area (Å²) in [6, 6.07) is 16.2. The third-order valence-corrected chi connectivity index (χ3v) is 4.92. The Morgan fingerprint density at radius 3 is 2.80 bits per heavy atom. The van der Waals surface area contributed by atoms with Crippen LogP contribution in [0.1, 0.15) is 10.4 Å². The molecule has 2 heterocycles. The number of nitrogens with zero attached hydrogens (tertiary/aromatic N) is 1. The minimum atomic E-state index is 0.806. The molecule has 0 aliphatic rings. The van der Waals surface area contributed by atoms with E-state index in [4.69, 9.17) is 11.6 Å². The average Bonchev–Trinajstić information content (AvgIpc) is 2.92. The molecule has 0 bridgehead atoms. The molecule has 0 N–H and O–H groups in total. The first-order chi connectivity index (χ1) is 9.72. The van der Waals surface area contributed by atoms with Gasteiger partial charge in [-0.3, -0.25) is 4.98 Å². The SMILES string of the molecule is Clc1ccc(Br)cc1Cc1ccc(-c2ccccn2)s1. The summed E-state index contributed by atoms with van der Waals surface area (Å²) < 4.78 is 1.05. The lowest BCUT2D eigenvalue weighted by Gasteiger charge is -2.03. The van der Waals surface area contributed by atoms with Crippen molar-refractivity contribution >= 4 is 38.9 Å². The second-order valence-electron chi connectivity index (χ2n) is 4.39. The van der Waals surface area contributed by atoms with Crippen molar-refractivity contribution in [3.05, 3.63) is 74.7 Å². The Morgan fingerprint density at radius 2 is 2.00 bits per heavy atom. The first-order valence-corrected chi connectivity index (χ1v) is 8.15. The second kappa shape index (κ2) is 6.08. The first-order valence-electron chi connectivity index (χ1n) is 6.16. The fourth-order valence-electron chi connectivity index (χ4n) is 1.99. The number of aromatic nitrogens is 1. The molecule has 0 aliphatic carbocycles. The van der Waals surface area contributed by atoms with Gasteiger partial charge in [0, 0.05) is 27.0 Å². The summed E-state index contributed by atoms with van der Waals surface area (Å²) in [5.74, 6) is 0. The summed E-state index contributed by atoms with van der Waals surface area (Å²) >= 11 is 11.5. The number of rotatable bonds is 3. The third kappa shape index (κ3) is 3.11. The highest BCUT2D eigenvalue weighted by Crippen LogP contribution is 2.30. The number of hydrogen-bond donors (Lipinski definition) is 0. The van der Waals surface area contributed by atoms with E-state index in [1.54, 1.807) is 11.3 Å². The summed E-state index contributed by atoms with van der Waals surface area (Å²) in [5.41, 5.74) is 2.15. The van der Waals surface area contributed by atoms with Gasteiger partial charge in [0.05, 0.1) is 10.6 Å². The number of thiophene rings is 1. The lowest BCUT2D eigenvalue weighted by molar-refractivity contribution is 1.24.